The van der Waals surface area contributed by atoms with Crippen molar-refractivity contribution >= 4 is 30.4 Å². The maximum atomic E-state index is 4.92. The van der Waals surface area contributed by atoms with Crippen molar-refractivity contribution in [3.05, 3.63) is 252 Å². The standard InChI is InChI=1S/C38H42N2.C20H23N.C2H6/c1-8-14-23-29(12-5)28-40-37(39-7)33-26-19-27-35-36(33)32(22-11-4)34(13-6)38(35,30(20-9-2)21-10-3)31-24-17-15-16-18-25-31;1-6-8-10-19(16(3)4)20(9-7-2)18-13-11-17(12-14-18)15-21-5;1-2/h8-15,17,19-24,26-27H,2,5-7,16,18,25,28H2,1,3-4H3;6-14H,1-2,5,15H2,3-4H3;1-2H3/b14-8-,21-10-,22-11-,29-23+,30-20+,40-37?;10-8-,20-9-;. The molecule has 0 aromatic heterocycles. The molecule has 4 rings (SSSR count). The van der Waals surface area contributed by atoms with Crippen molar-refractivity contribution in [1.82, 2.24) is 0 Å². The molecule has 2 aliphatic carbocycles. The van der Waals surface area contributed by atoms with Gasteiger partial charge in [0.25, 0.3) is 0 Å². The number of fused-ring (bicyclic) bond motifs is 1. The van der Waals surface area contributed by atoms with E-state index in [1.807, 2.05) is 75.5 Å². The zero-order chi connectivity index (χ0) is 46.6. The van der Waals surface area contributed by atoms with Crippen LogP contribution in [0.25, 0.3) is 11.1 Å². The monoisotopic (exact) mass is 834 g/mol. The lowest BCUT2D eigenvalue weighted by Gasteiger charge is -2.37. The lowest BCUT2D eigenvalue weighted by molar-refractivity contribution is 0.672. The van der Waals surface area contributed by atoms with Crippen LogP contribution in [0.4, 0.5) is 0 Å². The van der Waals surface area contributed by atoms with Crippen molar-refractivity contribution in [2.24, 2.45) is 15.0 Å². The van der Waals surface area contributed by atoms with Gasteiger partial charge in [0.2, 0.25) is 0 Å². The Morgan fingerprint density at radius 3 is 2.11 bits per heavy atom. The second-order valence-electron chi connectivity index (χ2n) is 14.6. The predicted octanol–water partition coefficient (Wildman–Crippen LogP) is 16.5. The van der Waals surface area contributed by atoms with Gasteiger partial charge in [-0.25, -0.2) is 4.99 Å². The number of hydrogen-bond donors (Lipinski definition) is 0. The molecule has 0 N–H and O–H groups in total. The summed E-state index contributed by atoms with van der Waals surface area (Å²) in [5, 5.41) is 0. The summed E-state index contributed by atoms with van der Waals surface area (Å²) in [5.74, 6) is 0.612. The average molecular weight is 834 g/mol. The molecule has 63 heavy (non-hydrogen) atoms. The number of allylic oxidation sites excluding steroid dienone is 25. The molecule has 0 aliphatic heterocycles. The van der Waals surface area contributed by atoms with Gasteiger partial charge in [-0.15, -0.1) is 0 Å². The molecule has 0 heterocycles. The van der Waals surface area contributed by atoms with E-state index < -0.39 is 5.41 Å². The van der Waals surface area contributed by atoms with Crippen molar-refractivity contribution in [3.63, 3.8) is 0 Å². The highest BCUT2D eigenvalue weighted by atomic mass is 14.9. The lowest BCUT2D eigenvalue weighted by Crippen LogP contribution is -2.31. The first-order valence-electron chi connectivity index (χ1n) is 22.0. The summed E-state index contributed by atoms with van der Waals surface area (Å²) in [5.41, 5.74) is 14.5. The topological polar surface area (TPSA) is 37.1 Å². The molecule has 1 atom stereocenters. The van der Waals surface area contributed by atoms with E-state index in [1.54, 1.807) is 6.08 Å². The quantitative estimate of drug-likeness (QED) is 0.0815. The summed E-state index contributed by atoms with van der Waals surface area (Å²) < 4.78 is 0. The molecule has 0 radical (unpaired) electrons. The molecule has 0 saturated carbocycles. The summed E-state index contributed by atoms with van der Waals surface area (Å²) in [6, 6.07) is 14.9. The van der Waals surface area contributed by atoms with Crippen LogP contribution in [-0.4, -0.2) is 25.8 Å². The van der Waals surface area contributed by atoms with E-state index in [1.165, 1.54) is 22.3 Å². The van der Waals surface area contributed by atoms with Gasteiger partial charge in [-0.3, -0.25) is 9.98 Å². The Morgan fingerprint density at radius 2 is 1.54 bits per heavy atom. The Balaban J connectivity index is 0.000000500. The molecule has 3 nitrogen and oxygen atoms in total. The van der Waals surface area contributed by atoms with E-state index in [0.29, 0.717) is 18.9 Å². The number of hydrogen-bond acceptors (Lipinski definition) is 2. The first-order valence-corrected chi connectivity index (χ1v) is 22.0. The lowest BCUT2D eigenvalue weighted by atomic mass is 9.64. The minimum Gasteiger partial charge on any atom is -0.296 e. The van der Waals surface area contributed by atoms with Crippen LogP contribution in [0.2, 0.25) is 0 Å². The number of aliphatic imine (C=N–C) groups is 3. The smallest absolute Gasteiger partial charge is 0.154 e. The Morgan fingerprint density at radius 1 is 0.810 bits per heavy atom. The molecule has 2 aromatic rings. The molecule has 1 unspecified atom stereocenters. The largest absolute Gasteiger partial charge is 0.296 e. The number of benzene rings is 2. The first-order chi connectivity index (χ1) is 30.7. The summed E-state index contributed by atoms with van der Waals surface area (Å²) >= 11 is 0. The van der Waals surface area contributed by atoms with Gasteiger partial charge in [-0.05, 0) is 123 Å². The van der Waals surface area contributed by atoms with E-state index in [9.17, 15) is 0 Å². The number of rotatable bonds is 18. The van der Waals surface area contributed by atoms with E-state index in [4.69, 9.17) is 4.99 Å². The molecule has 326 valence electrons. The SMILES string of the molecule is C=C/C=C(\C=C/C)C1(C2=CC=CCCC2)C(C=C)=C(/C=C\C)c2c(C(N=C)=NC/C(C=C)=C/C=C\C)cccc21.C=C/C=C\C(=C(C)C)/C(=C\C=C)c1ccc(CN=C)cc1.CC. The molecule has 0 saturated heterocycles. The third-order valence-corrected chi connectivity index (χ3v) is 10.4. The molecule has 2 aromatic carbocycles. The van der Waals surface area contributed by atoms with Crippen molar-refractivity contribution in [2.75, 3.05) is 6.54 Å². The Bertz CT molecular complexity index is 2320. The van der Waals surface area contributed by atoms with E-state index in [-0.39, 0.29) is 0 Å². The number of nitrogens with zero attached hydrogens (tertiary/aromatic N) is 3. The van der Waals surface area contributed by atoms with Gasteiger partial charge >= 0.3 is 0 Å². The maximum Gasteiger partial charge on any atom is 0.154 e. The molecule has 3 heteroatoms. The summed E-state index contributed by atoms with van der Waals surface area (Å²) in [4.78, 5) is 13.3. The molecular weight excluding hydrogens is 763 g/mol. The van der Waals surface area contributed by atoms with Gasteiger partial charge in [0.15, 0.2) is 5.84 Å². The van der Waals surface area contributed by atoms with Gasteiger partial charge in [-0.2, -0.15) is 0 Å². The van der Waals surface area contributed by atoms with Crippen LogP contribution in [0.5, 0.6) is 0 Å². The molecular formula is C60H71N3. The van der Waals surface area contributed by atoms with Gasteiger partial charge < -0.3 is 0 Å². The van der Waals surface area contributed by atoms with Gasteiger partial charge in [0.1, 0.15) is 0 Å². The van der Waals surface area contributed by atoms with Gasteiger partial charge in [-0.1, -0.05) is 216 Å². The van der Waals surface area contributed by atoms with Crippen LogP contribution in [0.1, 0.15) is 95.5 Å². The highest BCUT2D eigenvalue weighted by Gasteiger charge is 2.48. The molecule has 0 amide bonds. The minimum absolute atomic E-state index is 0.462. The van der Waals surface area contributed by atoms with Gasteiger partial charge in [0.05, 0.1) is 18.5 Å². The van der Waals surface area contributed by atoms with Crippen LogP contribution in [0.15, 0.2) is 239 Å². The molecule has 0 fully saturated rings. The summed E-state index contributed by atoms with van der Waals surface area (Å²) in [6.45, 7) is 42.8. The fraction of sp³-hybridized carbons (Fsp3) is 0.217. The van der Waals surface area contributed by atoms with Crippen LogP contribution in [0.3, 0.4) is 0 Å². The predicted molar refractivity (Wildman–Crippen MR) is 285 cm³/mol. The fourth-order valence-corrected chi connectivity index (χ4v) is 7.83. The Hall–Kier alpha value is -6.71. The van der Waals surface area contributed by atoms with Crippen molar-refractivity contribution in [2.45, 2.75) is 79.7 Å². The third kappa shape index (κ3) is 13.4. The number of amidine groups is 1. The molecule has 2 aliphatic rings. The second kappa shape index (κ2) is 28.7. The van der Waals surface area contributed by atoms with E-state index >= 15 is 0 Å². The Labute approximate surface area is 382 Å². The van der Waals surface area contributed by atoms with Crippen molar-refractivity contribution in [3.8, 4) is 0 Å². The highest BCUT2D eigenvalue weighted by molar-refractivity contribution is 6.09. The molecule has 0 spiro atoms. The Kier molecular flexibility index (Phi) is 23.9. The van der Waals surface area contributed by atoms with Crippen molar-refractivity contribution in [1.29, 1.82) is 0 Å². The van der Waals surface area contributed by atoms with E-state index in [0.717, 1.165) is 69.4 Å². The van der Waals surface area contributed by atoms with Gasteiger partial charge in [0, 0.05) is 5.56 Å². The van der Waals surface area contributed by atoms with Crippen LogP contribution in [-0.2, 0) is 12.0 Å². The third-order valence-electron chi connectivity index (χ3n) is 10.4. The fourth-order valence-electron chi connectivity index (χ4n) is 7.83. The minimum atomic E-state index is -0.526. The van der Waals surface area contributed by atoms with E-state index in [2.05, 4.69) is 181 Å². The second-order valence-corrected chi connectivity index (χ2v) is 14.6. The van der Waals surface area contributed by atoms with Crippen LogP contribution >= 0.6 is 0 Å². The van der Waals surface area contributed by atoms with Crippen molar-refractivity contribution < 1.29 is 0 Å². The zero-order valence-corrected chi connectivity index (χ0v) is 39.3. The zero-order valence-electron chi connectivity index (χ0n) is 39.3. The van der Waals surface area contributed by atoms with Crippen LogP contribution < -0.4 is 0 Å². The summed E-state index contributed by atoms with van der Waals surface area (Å²) in [6.07, 6.45) is 42.1. The summed E-state index contributed by atoms with van der Waals surface area (Å²) in [7, 11) is 0. The normalized spacial score (nSPS) is 16.7. The average Bonchev–Trinajstić information content (AvgIpc) is 3.40. The molecule has 0 bridgehead atoms. The van der Waals surface area contributed by atoms with Crippen LogP contribution in [0, 0.1) is 0 Å². The highest BCUT2D eigenvalue weighted by Crippen LogP contribution is 2.58. The first kappa shape index (κ1) is 52.4. The maximum absolute atomic E-state index is 4.92.